The van der Waals surface area contributed by atoms with E-state index in [4.69, 9.17) is 0 Å². The molecule has 17 heavy (non-hydrogen) atoms. The van der Waals surface area contributed by atoms with Crippen molar-refractivity contribution in [3.63, 3.8) is 0 Å². The van der Waals surface area contributed by atoms with Gasteiger partial charge < -0.3 is 10.2 Å². The first-order chi connectivity index (χ1) is 8.18. The molecule has 0 aliphatic carbocycles. The fraction of sp³-hybridized carbons (Fsp3) is 0.500. The lowest BCUT2D eigenvalue weighted by molar-refractivity contribution is -0.118. The fourth-order valence-electron chi connectivity index (χ4n) is 2.11. The monoisotopic (exact) mass is 232 g/mol. The summed E-state index contributed by atoms with van der Waals surface area (Å²) < 4.78 is 0. The molecule has 0 bridgehead atoms. The van der Waals surface area contributed by atoms with Crippen molar-refractivity contribution in [2.24, 2.45) is 5.92 Å². The molecule has 0 saturated carbocycles. The second kappa shape index (κ2) is 5.32. The molecule has 3 nitrogen and oxygen atoms in total. The quantitative estimate of drug-likeness (QED) is 0.861. The molecule has 1 heterocycles. The molecule has 1 fully saturated rings. The predicted molar refractivity (Wildman–Crippen MR) is 70.0 cm³/mol. The Hall–Kier alpha value is -1.35. The van der Waals surface area contributed by atoms with Gasteiger partial charge in [0.25, 0.3) is 0 Å². The van der Waals surface area contributed by atoms with E-state index in [9.17, 15) is 4.79 Å². The number of anilines is 1. The number of carbonyl (C=O) groups excluding carboxylic acids is 1. The Labute approximate surface area is 103 Å². The van der Waals surface area contributed by atoms with E-state index < -0.39 is 0 Å². The average molecular weight is 232 g/mol. The Kier molecular flexibility index (Phi) is 3.79. The number of hydrogen-bond acceptors (Lipinski definition) is 2. The maximum atomic E-state index is 12.2. The molecule has 3 heteroatoms. The Morgan fingerprint density at radius 3 is 2.71 bits per heavy atom. The number of para-hydroxylation sites is 1. The minimum Gasteiger partial charge on any atom is -0.311 e. The normalized spacial score (nSPS) is 20.3. The third kappa shape index (κ3) is 2.86. The fourth-order valence-corrected chi connectivity index (χ4v) is 2.11. The van der Waals surface area contributed by atoms with Crippen LogP contribution >= 0.6 is 0 Å². The van der Waals surface area contributed by atoms with E-state index >= 15 is 0 Å². The molecule has 1 aromatic rings. The first kappa shape index (κ1) is 12.1. The van der Waals surface area contributed by atoms with Gasteiger partial charge in [0.2, 0.25) is 5.91 Å². The smallest absolute Gasteiger partial charge is 0.244 e. The van der Waals surface area contributed by atoms with Crippen molar-refractivity contribution in [2.75, 3.05) is 18.0 Å². The van der Waals surface area contributed by atoms with Gasteiger partial charge in [0, 0.05) is 12.2 Å². The zero-order chi connectivity index (χ0) is 12.3. The summed E-state index contributed by atoms with van der Waals surface area (Å²) in [5.41, 5.74) is 1.01. The second-order valence-electron chi connectivity index (χ2n) is 4.97. The Bertz CT molecular complexity index is 375. The standard InChI is InChI=1S/C14H20N2O/c1-11(2)10-15-13-8-9-16(14(13)17)12-6-4-3-5-7-12/h3-7,11,13,15H,8-10H2,1-2H3. The maximum Gasteiger partial charge on any atom is 0.244 e. The zero-order valence-electron chi connectivity index (χ0n) is 10.5. The first-order valence-electron chi connectivity index (χ1n) is 6.28. The van der Waals surface area contributed by atoms with E-state index in [0.717, 1.165) is 25.2 Å². The summed E-state index contributed by atoms with van der Waals surface area (Å²) in [5, 5.41) is 3.34. The third-order valence-corrected chi connectivity index (χ3v) is 3.05. The average Bonchev–Trinajstić information content (AvgIpc) is 2.69. The summed E-state index contributed by atoms with van der Waals surface area (Å²) in [6.07, 6.45) is 0.903. The molecule has 0 aromatic heterocycles. The maximum absolute atomic E-state index is 12.2. The minimum absolute atomic E-state index is 0.00222. The molecule has 1 saturated heterocycles. The van der Waals surface area contributed by atoms with Gasteiger partial charge in [-0.15, -0.1) is 0 Å². The van der Waals surface area contributed by atoms with Gasteiger partial charge in [0.05, 0.1) is 6.04 Å². The Morgan fingerprint density at radius 1 is 1.35 bits per heavy atom. The second-order valence-corrected chi connectivity index (χ2v) is 4.97. The summed E-state index contributed by atoms with van der Waals surface area (Å²) in [5.74, 6) is 0.783. The molecule has 92 valence electrons. The van der Waals surface area contributed by atoms with Crippen LogP contribution in [0.5, 0.6) is 0 Å². The van der Waals surface area contributed by atoms with Gasteiger partial charge in [0.15, 0.2) is 0 Å². The molecule has 1 N–H and O–H groups in total. The molecule has 0 radical (unpaired) electrons. The van der Waals surface area contributed by atoms with Crippen LogP contribution < -0.4 is 10.2 Å². The SMILES string of the molecule is CC(C)CNC1CCN(c2ccccc2)C1=O. The molecule has 1 amide bonds. The summed E-state index contributed by atoms with van der Waals surface area (Å²) >= 11 is 0. The van der Waals surface area contributed by atoms with Gasteiger partial charge in [-0.05, 0) is 31.0 Å². The third-order valence-electron chi connectivity index (χ3n) is 3.05. The van der Waals surface area contributed by atoms with Crippen LogP contribution in [-0.2, 0) is 4.79 Å². The van der Waals surface area contributed by atoms with Gasteiger partial charge >= 0.3 is 0 Å². The Morgan fingerprint density at radius 2 is 2.06 bits per heavy atom. The van der Waals surface area contributed by atoms with Crippen LogP contribution in [0.2, 0.25) is 0 Å². The van der Waals surface area contributed by atoms with Gasteiger partial charge in [0.1, 0.15) is 0 Å². The molecule has 1 unspecified atom stereocenters. The van der Waals surface area contributed by atoms with Gasteiger partial charge in [-0.25, -0.2) is 0 Å². The number of benzene rings is 1. The summed E-state index contributed by atoms with van der Waals surface area (Å²) in [4.78, 5) is 14.1. The van der Waals surface area contributed by atoms with Crippen molar-refractivity contribution in [2.45, 2.75) is 26.3 Å². The zero-order valence-corrected chi connectivity index (χ0v) is 10.5. The minimum atomic E-state index is -0.00222. The van der Waals surface area contributed by atoms with Crippen LogP contribution in [0.25, 0.3) is 0 Å². The lowest BCUT2D eigenvalue weighted by Crippen LogP contribution is -2.39. The highest BCUT2D eigenvalue weighted by molar-refractivity contribution is 5.99. The summed E-state index contributed by atoms with van der Waals surface area (Å²) in [7, 11) is 0. The lowest BCUT2D eigenvalue weighted by Gasteiger charge is -2.17. The van der Waals surface area contributed by atoms with Crippen molar-refractivity contribution in [3.8, 4) is 0 Å². The van der Waals surface area contributed by atoms with Gasteiger partial charge in [-0.2, -0.15) is 0 Å². The number of nitrogens with zero attached hydrogens (tertiary/aromatic N) is 1. The molecule has 1 atom stereocenters. The van der Waals surface area contributed by atoms with Crippen LogP contribution in [0.15, 0.2) is 30.3 Å². The number of carbonyl (C=O) groups is 1. The summed E-state index contributed by atoms with van der Waals surface area (Å²) in [6, 6.07) is 9.89. The van der Waals surface area contributed by atoms with E-state index in [1.165, 1.54) is 0 Å². The van der Waals surface area contributed by atoms with Crippen molar-refractivity contribution >= 4 is 11.6 Å². The van der Waals surface area contributed by atoms with Crippen molar-refractivity contribution in [1.82, 2.24) is 5.32 Å². The highest BCUT2D eigenvalue weighted by Gasteiger charge is 2.31. The van der Waals surface area contributed by atoms with Crippen LogP contribution in [0, 0.1) is 5.92 Å². The van der Waals surface area contributed by atoms with Crippen molar-refractivity contribution in [1.29, 1.82) is 0 Å². The molecule has 1 aromatic carbocycles. The molecule has 2 rings (SSSR count). The number of amides is 1. The Balaban J connectivity index is 1.98. The predicted octanol–water partition coefficient (Wildman–Crippen LogP) is 2.04. The van der Waals surface area contributed by atoms with E-state index in [0.29, 0.717) is 5.92 Å². The van der Waals surface area contributed by atoms with Crippen LogP contribution in [-0.4, -0.2) is 25.0 Å². The van der Waals surface area contributed by atoms with Crippen molar-refractivity contribution in [3.05, 3.63) is 30.3 Å². The topological polar surface area (TPSA) is 32.3 Å². The van der Waals surface area contributed by atoms with E-state index in [1.54, 1.807) is 0 Å². The van der Waals surface area contributed by atoms with Gasteiger partial charge in [-0.3, -0.25) is 4.79 Å². The molecule has 0 spiro atoms. The highest BCUT2D eigenvalue weighted by Crippen LogP contribution is 2.20. The summed E-state index contributed by atoms with van der Waals surface area (Å²) in [6.45, 7) is 6.03. The lowest BCUT2D eigenvalue weighted by atomic mass is 10.2. The van der Waals surface area contributed by atoms with Gasteiger partial charge in [-0.1, -0.05) is 32.0 Å². The van der Waals surface area contributed by atoms with E-state index in [2.05, 4.69) is 19.2 Å². The van der Waals surface area contributed by atoms with E-state index in [-0.39, 0.29) is 11.9 Å². The van der Waals surface area contributed by atoms with Crippen LogP contribution in [0.4, 0.5) is 5.69 Å². The highest BCUT2D eigenvalue weighted by atomic mass is 16.2. The molecule has 1 aliphatic rings. The van der Waals surface area contributed by atoms with E-state index in [1.807, 2.05) is 35.2 Å². The number of nitrogens with one attached hydrogen (secondary N) is 1. The van der Waals surface area contributed by atoms with Crippen LogP contribution in [0.1, 0.15) is 20.3 Å². The largest absolute Gasteiger partial charge is 0.311 e. The number of rotatable bonds is 4. The number of hydrogen-bond donors (Lipinski definition) is 1. The van der Waals surface area contributed by atoms with Crippen molar-refractivity contribution < 1.29 is 4.79 Å². The van der Waals surface area contributed by atoms with Crippen LogP contribution in [0.3, 0.4) is 0 Å². The first-order valence-corrected chi connectivity index (χ1v) is 6.28. The molecule has 1 aliphatic heterocycles. The molecular formula is C14H20N2O. The molecular weight excluding hydrogens is 212 g/mol.